The molecular formula is C13H24N2O3. The first-order valence-electron chi connectivity index (χ1n) is 6.61. The van der Waals surface area contributed by atoms with Crippen LogP contribution in [0.2, 0.25) is 0 Å². The standard InChI is InChI=1S/C13H24N2O3/c1-4-5-13(6-8-14-9-7-13)10(16)15-12(2,3)11(17)18/h14H,4-9H2,1-3H3,(H,15,16)(H,17,18). The largest absolute Gasteiger partial charge is 0.480 e. The van der Waals surface area contributed by atoms with Gasteiger partial charge < -0.3 is 15.7 Å². The molecule has 1 aliphatic heterocycles. The molecule has 0 aromatic carbocycles. The molecular weight excluding hydrogens is 232 g/mol. The van der Waals surface area contributed by atoms with Gasteiger partial charge in [-0.1, -0.05) is 13.3 Å². The monoisotopic (exact) mass is 256 g/mol. The van der Waals surface area contributed by atoms with E-state index in [2.05, 4.69) is 17.6 Å². The molecule has 1 saturated heterocycles. The summed E-state index contributed by atoms with van der Waals surface area (Å²) in [5, 5.41) is 15.0. The minimum absolute atomic E-state index is 0.113. The van der Waals surface area contributed by atoms with E-state index in [9.17, 15) is 9.59 Å². The molecule has 0 spiro atoms. The summed E-state index contributed by atoms with van der Waals surface area (Å²) >= 11 is 0. The maximum Gasteiger partial charge on any atom is 0.328 e. The summed E-state index contributed by atoms with van der Waals surface area (Å²) in [5.41, 5.74) is -1.60. The third-order valence-corrected chi connectivity index (χ3v) is 3.73. The number of carboxylic acids is 1. The molecule has 1 amide bonds. The molecule has 0 saturated carbocycles. The maximum atomic E-state index is 12.4. The second-order valence-corrected chi connectivity index (χ2v) is 5.66. The van der Waals surface area contributed by atoms with Crippen LogP contribution in [-0.4, -0.2) is 35.6 Å². The van der Waals surface area contributed by atoms with Crippen molar-refractivity contribution in [1.82, 2.24) is 10.6 Å². The van der Waals surface area contributed by atoms with Gasteiger partial charge in [0.2, 0.25) is 5.91 Å². The van der Waals surface area contributed by atoms with Crippen molar-refractivity contribution in [3.05, 3.63) is 0 Å². The van der Waals surface area contributed by atoms with Gasteiger partial charge in [0.25, 0.3) is 0 Å². The van der Waals surface area contributed by atoms with E-state index in [0.717, 1.165) is 38.8 Å². The van der Waals surface area contributed by atoms with Crippen LogP contribution in [-0.2, 0) is 9.59 Å². The summed E-state index contributed by atoms with van der Waals surface area (Å²) in [6.07, 6.45) is 3.31. The van der Waals surface area contributed by atoms with E-state index in [1.54, 1.807) is 0 Å². The first-order valence-corrected chi connectivity index (χ1v) is 6.61. The molecule has 18 heavy (non-hydrogen) atoms. The van der Waals surface area contributed by atoms with Crippen molar-refractivity contribution in [3.8, 4) is 0 Å². The number of hydrogen-bond acceptors (Lipinski definition) is 3. The SMILES string of the molecule is CCCC1(C(=O)NC(C)(C)C(=O)O)CCNCC1. The van der Waals surface area contributed by atoms with Crippen molar-refractivity contribution < 1.29 is 14.7 Å². The number of hydrogen-bond donors (Lipinski definition) is 3. The smallest absolute Gasteiger partial charge is 0.328 e. The average Bonchev–Trinajstić information content (AvgIpc) is 2.29. The lowest BCUT2D eigenvalue weighted by Gasteiger charge is -2.38. The molecule has 1 fully saturated rings. The Labute approximate surface area is 108 Å². The van der Waals surface area contributed by atoms with Crippen LogP contribution in [0, 0.1) is 5.41 Å². The van der Waals surface area contributed by atoms with Crippen molar-refractivity contribution in [2.75, 3.05) is 13.1 Å². The molecule has 0 aromatic heterocycles. The lowest BCUT2D eigenvalue weighted by atomic mass is 9.74. The van der Waals surface area contributed by atoms with E-state index in [4.69, 9.17) is 5.11 Å². The third-order valence-electron chi connectivity index (χ3n) is 3.73. The number of piperidine rings is 1. The van der Waals surface area contributed by atoms with E-state index < -0.39 is 16.9 Å². The normalized spacial score (nSPS) is 19.3. The van der Waals surface area contributed by atoms with Crippen LogP contribution in [0.5, 0.6) is 0 Å². The highest BCUT2D eigenvalue weighted by Crippen LogP contribution is 2.34. The zero-order valence-corrected chi connectivity index (χ0v) is 11.5. The molecule has 0 bridgehead atoms. The molecule has 5 nitrogen and oxygen atoms in total. The summed E-state index contributed by atoms with van der Waals surface area (Å²) in [5.74, 6) is -1.12. The Kier molecular flexibility index (Phi) is 4.73. The molecule has 5 heteroatoms. The Balaban J connectivity index is 2.80. The van der Waals surface area contributed by atoms with Crippen molar-refractivity contribution in [2.45, 2.75) is 52.0 Å². The molecule has 0 radical (unpaired) electrons. The second-order valence-electron chi connectivity index (χ2n) is 5.66. The van der Waals surface area contributed by atoms with Gasteiger partial charge in [0.1, 0.15) is 5.54 Å². The number of carboxylic acid groups (broad SMARTS) is 1. The van der Waals surface area contributed by atoms with Crippen LogP contribution in [0.4, 0.5) is 0 Å². The minimum Gasteiger partial charge on any atom is -0.480 e. The average molecular weight is 256 g/mol. The third kappa shape index (κ3) is 3.22. The fraction of sp³-hybridized carbons (Fsp3) is 0.846. The van der Waals surface area contributed by atoms with Gasteiger partial charge in [-0.25, -0.2) is 4.79 Å². The quantitative estimate of drug-likeness (QED) is 0.689. The number of carbonyl (C=O) groups excluding carboxylic acids is 1. The van der Waals surface area contributed by atoms with Gasteiger partial charge in [-0.15, -0.1) is 0 Å². The summed E-state index contributed by atoms with van der Waals surface area (Å²) in [6.45, 7) is 6.74. The predicted molar refractivity (Wildman–Crippen MR) is 69.3 cm³/mol. The Morgan fingerprint density at radius 2 is 1.89 bits per heavy atom. The van der Waals surface area contributed by atoms with Crippen molar-refractivity contribution >= 4 is 11.9 Å². The van der Waals surface area contributed by atoms with E-state index >= 15 is 0 Å². The summed E-state index contributed by atoms with van der Waals surface area (Å²) < 4.78 is 0. The number of aliphatic carboxylic acids is 1. The van der Waals surface area contributed by atoms with E-state index in [1.165, 1.54) is 13.8 Å². The number of amides is 1. The molecule has 1 aliphatic rings. The van der Waals surface area contributed by atoms with Crippen LogP contribution in [0.3, 0.4) is 0 Å². The zero-order chi connectivity index (χ0) is 13.8. The highest BCUT2D eigenvalue weighted by molar-refractivity contribution is 5.89. The molecule has 1 heterocycles. The summed E-state index contributed by atoms with van der Waals surface area (Å²) in [7, 11) is 0. The molecule has 0 unspecified atom stereocenters. The lowest BCUT2D eigenvalue weighted by molar-refractivity contribution is -0.148. The van der Waals surface area contributed by atoms with Crippen LogP contribution in [0.1, 0.15) is 46.5 Å². The van der Waals surface area contributed by atoms with Gasteiger partial charge in [-0.3, -0.25) is 4.79 Å². The minimum atomic E-state index is -1.21. The summed E-state index contributed by atoms with van der Waals surface area (Å²) in [6, 6.07) is 0. The van der Waals surface area contributed by atoms with Crippen LogP contribution >= 0.6 is 0 Å². The van der Waals surface area contributed by atoms with E-state index in [-0.39, 0.29) is 5.91 Å². The van der Waals surface area contributed by atoms with Crippen LogP contribution < -0.4 is 10.6 Å². The fourth-order valence-corrected chi connectivity index (χ4v) is 2.44. The first-order chi connectivity index (χ1) is 8.34. The van der Waals surface area contributed by atoms with Crippen LogP contribution in [0.15, 0.2) is 0 Å². The van der Waals surface area contributed by atoms with Gasteiger partial charge in [0.15, 0.2) is 0 Å². The Morgan fingerprint density at radius 1 is 1.33 bits per heavy atom. The van der Waals surface area contributed by atoms with Crippen molar-refractivity contribution in [3.63, 3.8) is 0 Å². The Morgan fingerprint density at radius 3 is 2.33 bits per heavy atom. The molecule has 0 aliphatic carbocycles. The van der Waals surface area contributed by atoms with Crippen LogP contribution in [0.25, 0.3) is 0 Å². The zero-order valence-electron chi connectivity index (χ0n) is 11.5. The topological polar surface area (TPSA) is 78.4 Å². The summed E-state index contributed by atoms with van der Waals surface area (Å²) in [4.78, 5) is 23.5. The molecule has 1 rings (SSSR count). The first kappa shape index (κ1) is 15.0. The number of nitrogens with one attached hydrogen (secondary N) is 2. The molecule has 0 atom stereocenters. The second kappa shape index (κ2) is 5.69. The van der Waals surface area contributed by atoms with Gasteiger partial charge in [-0.05, 0) is 46.2 Å². The highest BCUT2D eigenvalue weighted by atomic mass is 16.4. The van der Waals surface area contributed by atoms with Gasteiger partial charge >= 0.3 is 5.97 Å². The van der Waals surface area contributed by atoms with Crippen molar-refractivity contribution in [2.24, 2.45) is 5.41 Å². The van der Waals surface area contributed by atoms with Gasteiger partial charge in [0.05, 0.1) is 5.41 Å². The lowest BCUT2D eigenvalue weighted by Crippen LogP contribution is -2.56. The van der Waals surface area contributed by atoms with Gasteiger partial charge in [-0.2, -0.15) is 0 Å². The predicted octanol–water partition coefficient (Wildman–Crippen LogP) is 1.14. The maximum absolute atomic E-state index is 12.4. The molecule has 3 N–H and O–H groups in total. The van der Waals surface area contributed by atoms with E-state index in [1.807, 2.05) is 0 Å². The number of rotatable bonds is 5. The van der Waals surface area contributed by atoms with Crippen molar-refractivity contribution in [1.29, 1.82) is 0 Å². The van der Waals surface area contributed by atoms with E-state index in [0.29, 0.717) is 0 Å². The Hall–Kier alpha value is -1.10. The Bertz CT molecular complexity index is 315. The fourth-order valence-electron chi connectivity index (χ4n) is 2.44. The number of carbonyl (C=O) groups is 2. The molecule has 104 valence electrons. The van der Waals surface area contributed by atoms with Gasteiger partial charge in [0, 0.05) is 0 Å². The molecule has 0 aromatic rings. The highest BCUT2D eigenvalue weighted by Gasteiger charge is 2.42.